The second kappa shape index (κ2) is 4.82. The van der Waals surface area contributed by atoms with Gasteiger partial charge in [0, 0.05) is 17.4 Å². The molecule has 3 rings (SSSR count). The minimum atomic E-state index is -3.65. The molecular formula is C12H11N5O2S. The third kappa shape index (κ3) is 2.41. The molecule has 3 N–H and O–H groups in total. The first-order chi connectivity index (χ1) is 9.65. The Morgan fingerprint density at radius 2 is 1.80 bits per heavy atom. The van der Waals surface area contributed by atoms with Crippen molar-refractivity contribution in [2.24, 2.45) is 0 Å². The van der Waals surface area contributed by atoms with Crippen LogP contribution in [0.2, 0.25) is 0 Å². The average Bonchev–Trinajstić information content (AvgIpc) is 3.12. The minimum absolute atomic E-state index is 0.0180. The van der Waals surface area contributed by atoms with E-state index in [0.717, 1.165) is 11.3 Å². The number of hydrogen-bond donors (Lipinski definition) is 3. The number of rotatable bonds is 4. The maximum atomic E-state index is 12.1. The first-order valence-electron chi connectivity index (χ1n) is 5.77. The molecule has 102 valence electrons. The fraction of sp³-hybridized carbons (Fsp3) is 0. The molecule has 7 nitrogen and oxygen atoms in total. The number of hydrogen-bond acceptors (Lipinski definition) is 4. The molecule has 0 aliphatic carbocycles. The summed E-state index contributed by atoms with van der Waals surface area (Å²) in [5.74, 6) is 0. The lowest BCUT2D eigenvalue weighted by molar-refractivity contribution is 0.597. The van der Waals surface area contributed by atoms with Gasteiger partial charge in [-0.25, -0.2) is 0 Å². The van der Waals surface area contributed by atoms with E-state index in [1.807, 2.05) is 12.1 Å². The number of anilines is 1. The van der Waals surface area contributed by atoms with Crippen molar-refractivity contribution in [2.45, 2.75) is 5.03 Å². The van der Waals surface area contributed by atoms with Gasteiger partial charge in [-0.15, -0.1) is 0 Å². The van der Waals surface area contributed by atoms with Crippen molar-refractivity contribution in [1.82, 2.24) is 20.4 Å². The normalized spacial score (nSPS) is 11.4. The molecule has 0 atom stereocenters. The fourth-order valence-corrected chi connectivity index (χ4v) is 2.73. The molecule has 0 bridgehead atoms. The van der Waals surface area contributed by atoms with Crippen LogP contribution in [-0.4, -0.2) is 28.8 Å². The van der Waals surface area contributed by atoms with E-state index in [9.17, 15) is 8.42 Å². The second-order valence-corrected chi connectivity index (χ2v) is 5.73. The van der Waals surface area contributed by atoms with Crippen molar-refractivity contribution < 1.29 is 8.42 Å². The maximum Gasteiger partial charge on any atom is 0.278 e. The molecule has 0 saturated heterocycles. The standard InChI is InChI=1S/C12H11N5O2S/c18-20(19,12-5-7-14-16-12)17-10-3-1-2-9(8-10)11-4-6-13-15-11/h1-8,17H,(H,13,15)(H,14,16). The van der Waals surface area contributed by atoms with E-state index < -0.39 is 10.0 Å². The lowest BCUT2D eigenvalue weighted by Gasteiger charge is -2.07. The summed E-state index contributed by atoms with van der Waals surface area (Å²) in [7, 11) is -3.65. The van der Waals surface area contributed by atoms with Gasteiger partial charge in [0.25, 0.3) is 10.0 Å². The van der Waals surface area contributed by atoms with Gasteiger partial charge in [0.1, 0.15) is 0 Å². The number of H-pyrrole nitrogens is 2. The monoisotopic (exact) mass is 289 g/mol. The van der Waals surface area contributed by atoms with Crippen LogP contribution < -0.4 is 4.72 Å². The van der Waals surface area contributed by atoms with Crippen molar-refractivity contribution in [3.05, 3.63) is 48.8 Å². The highest BCUT2D eigenvalue weighted by Gasteiger charge is 2.15. The van der Waals surface area contributed by atoms with E-state index in [-0.39, 0.29) is 5.03 Å². The van der Waals surface area contributed by atoms with Crippen LogP contribution in [0.4, 0.5) is 5.69 Å². The van der Waals surface area contributed by atoms with Crippen LogP contribution >= 0.6 is 0 Å². The summed E-state index contributed by atoms with van der Waals surface area (Å²) in [5, 5.41) is 12.8. The topological polar surface area (TPSA) is 104 Å². The van der Waals surface area contributed by atoms with E-state index in [4.69, 9.17) is 0 Å². The second-order valence-electron chi connectivity index (χ2n) is 4.08. The number of nitrogens with one attached hydrogen (secondary N) is 3. The minimum Gasteiger partial charge on any atom is -0.278 e. The van der Waals surface area contributed by atoms with Gasteiger partial charge in [-0.1, -0.05) is 12.1 Å². The van der Waals surface area contributed by atoms with Gasteiger partial charge < -0.3 is 0 Å². The Morgan fingerprint density at radius 3 is 2.50 bits per heavy atom. The van der Waals surface area contributed by atoms with Crippen molar-refractivity contribution >= 4 is 15.7 Å². The van der Waals surface area contributed by atoms with Gasteiger partial charge in [-0.3, -0.25) is 14.9 Å². The van der Waals surface area contributed by atoms with Crippen LogP contribution in [0.25, 0.3) is 11.3 Å². The number of benzene rings is 1. The molecule has 0 radical (unpaired) electrons. The molecule has 0 fully saturated rings. The van der Waals surface area contributed by atoms with Gasteiger partial charge in [0.05, 0.1) is 11.9 Å². The number of sulfonamides is 1. The van der Waals surface area contributed by atoms with E-state index in [1.165, 1.54) is 12.3 Å². The third-order valence-electron chi connectivity index (χ3n) is 2.69. The van der Waals surface area contributed by atoms with Gasteiger partial charge in [0.15, 0.2) is 5.03 Å². The Hall–Kier alpha value is -2.61. The number of aromatic nitrogens is 4. The Balaban J connectivity index is 1.91. The summed E-state index contributed by atoms with van der Waals surface area (Å²) in [4.78, 5) is 0. The fourth-order valence-electron chi connectivity index (χ4n) is 1.77. The average molecular weight is 289 g/mol. The zero-order valence-corrected chi connectivity index (χ0v) is 11.1. The molecule has 0 aliphatic rings. The Labute approximate surface area is 115 Å². The van der Waals surface area contributed by atoms with Gasteiger partial charge in [-0.2, -0.15) is 18.6 Å². The Kier molecular flexibility index (Phi) is 2.99. The van der Waals surface area contributed by atoms with Gasteiger partial charge in [-0.05, 0) is 24.3 Å². The third-order valence-corrected chi connectivity index (χ3v) is 4.00. The number of aromatic amines is 2. The summed E-state index contributed by atoms with van der Waals surface area (Å²) in [6, 6.07) is 10.2. The lowest BCUT2D eigenvalue weighted by atomic mass is 10.1. The highest BCUT2D eigenvalue weighted by Crippen LogP contribution is 2.22. The van der Waals surface area contributed by atoms with Gasteiger partial charge >= 0.3 is 0 Å². The molecule has 8 heteroatoms. The summed E-state index contributed by atoms with van der Waals surface area (Å²) in [5.41, 5.74) is 2.12. The molecule has 3 aromatic rings. The summed E-state index contributed by atoms with van der Waals surface area (Å²) >= 11 is 0. The van der Waals surface area contributed by atoms with Crippen LogP contribution in [0.5, 0.6) is 0 Å². The van der Waals surface area contributed by atoms with Gasteiger partial charge in [0.2, 0.25) is 0 Å². The summed E-state index contributed by atoms with van der Waals surface area (Å²) in [6.45, 7) is 0. The molecule has 0 saturated carbocycles. The Bertz CT molecular complexity index is 794. The predicted molar refractivity (Wildman–Crippen MR) is 73.4 cm³/mol. The largest absolute Gasteiger partial charge is 0.278 e. The van der Waals surface area contributed by atoms with Crippen molar-refractivity contribution in [3.63, 3.8) is 0 Å². The maximum absolute atomic E-state index is 12.1. The quantitative estimate of drug-likeness (QED) is 0.678. The number of nitrogens with zero attached hydrogens (tertiary/aromatic N) is 2. The van der Waals surface area contributed by atoms with Crippen LogP contribution in [0.3, 0.4) is 0 Å². The van der Waals surface area contributed by atoms with E-state index in [2.05, 4.69) is 25.1 Å². The molecule has 0 spiro atoms. The lowest BCUT2D eigenvalue weighted by Crippen LogP contribution is -2.13. The zero-order valence-electron chi connectivity index (χ0n) is 10.2. The highest BCUT2D eigenvalue weighted by atomic mass is 32.2. The molecular weight excluding hydrogens is 278 g/mol. The van der Waals surface area contributed by atoms with Crippen LogP contribution in [-0.2, 0) is 10.0 Å². The van der Waals surface area contributed by atoms with Crippen molar-refractivity contribution in [3.8, 4) is 11.3 Å². The molecule has 0 amide bonds. The van der Waals surface area contributed by atoms with E-state index in [1.54, 1.807) is 24.4 Å². The van der Waals surface area contributed by atoms with E-state index in [0.29, 0.717) is 5.69 Å². The highest BCUT2D eigenvalue weighted by molar-refractivity contribution is 7.92. The molecule has 0 aliphatic heterocycles. The van der Waals surface area contributed by atoms with Crippen LogP contribution in [0.15, 0.2) is 53.8 Å². The van der Waals surface area contributed by atoms with Crippen molar-refractivity contribution in [2.75, 3.05) is 4.72 Å². The summed E-state index contributed by atoms with van der Waals surface area (Å²) < 4.78 is 26.6. The smallest absolute Gasteiger partial charge is 0.278 e. The predicted octanol–water partition coefficient (Wildman–Crippen LogP) is 1.60. The molecule has 2 aromatic heterocycles. The molecule has 1 aromatic carbocycles. The molecule has 20 heavy (non-hydrogen) atoms. The zero-order chi connectivity index (χ0) is 14.0. The first kappa shape index (κ1) is 12.4. The van der Waals surface area contributed by atoms with Crippen molar-refractivity contribution in [1.29, 1.82) is 0 Å². The van der Waals surface area contributed by atoms with Crippen LogP contribution in [0.1, 0.15) is 0 Å². The SMILES string of the molecule is O=S(=O)(Nc1cccc(-c2ccn[nH]2)c1)c1ccn[nH]1. The molecule has 0 unspecified atom stereocenters. The van der Waals surface area contributed by atoms with E-state index >= 15 is 0 Å². The Morgan fingerprint density at radius 1 is 1.00 bits per heavy atom. The first-order valence-corrected chi connectivity index (χ1v) is 7.25. The molecule has 2 heterocycles. The summed E-state index contributed by atoms with van der Waals surface area (Å²) in [6.07, 6.45) is 3.02. The van der Waals surface area contributed by atoms with Crippen LogP contribution in [0, 0.1) is 0 Å².